The van der Waals surface area contributed by atoms with Crippen molar-refractivity contribution in [2.75, 3.05) is 6.54 Å². The van der Waals surface area contributed by atoms with E-state index in [1.54, 1.807) is 4.90 Å². The first-order chi connectivity index (χ1) is 7.69. The van der Waals surface area contributed by atoms with Gasteiger partial charge in [-0.3, -0.25) is 4.79 Å². The van der Waals surface area contributed by atoms with Gasteiger partial charge in [-0.15, -0.1) is 0 Å². The zero-order valence-corrected chi connectivity index (χ0v) is 11.2. The van der Waals surface area contributed by atoms with E-state index in [9.17, 15) is 9.59 Å². The predicted molar refractivity (Wildman–Crippen MR) is 64.6 cm³/mol. The van der Waals surface area contributed by atoms with Crippen LogP contribution in [0, 0.1) is 0 Å². The highest BCUT2D eigenvalue weighted by atomic mass is 16.6. The molecule has 0 aliphatic carbocycles. The number of carbonyl (C=O) groups is 2. The highest BCUT2D eigenvalue weighted by molar-refractivity contribution is 5.74. The van der Waals surface area contributed by atoms with Crippen LogP contribution >= 0.6 is 0 Å². The second-order valence-electron chi connectivity index (χ2n) is 5.61. The summed E-state index contributed by atoms with van der Waals surface area (Å²) in [5.74, 6) is -0.0618. The number of nitrogens with one attached hydrogen (secondary N) is 1. The van der Waals surface area contributed by atoms with E-state index in [2.05, 4.69) is 5.32 Å². The molecule has 0 bridgehead atoms. The monoisotopic (exact) mass is 242 g/mol. The molecular weight excluding hydrogens is 220 g/mol. The molecule has 1 rings (SSSR count). The number of ether oxygens (including phenoxy) is 1. The van der Waals surface area contributed by atoms with E-state index in [0.29, 0.717) is 6.54 Å². The lowest BCUT2D eigenvalue weighted by atomic mass is 10.2. The standard InChI is InChI=1S/C12H22N2O3/c1-8-6-10(13-9(2)15)7-14(8)11(16)17-12(3,4)5/h8,10H,6-7H2,1-5H3,(H,13,15)/t8-,10-/m0/s1. The van der Waals surface area contributed by atoms with Gasteiger partial charge in [0.1, 0.15) is 5.60 Å². The van der Waals surface area contributed by atoms with E-state index in [0.717, 1.165) is 6.42 Å². The van der Waals surface area contributed by atoms with Crippen LogP contribution in [0.25, 0.3) is 0 Å². The molecule has 5 heteroatoms. The smallest absolute Gasteiger partial charge is 0.410 e. The number of carbonyl (C=O) groups excluding carboxylic acids is 2. The lowest BCUT2D eigenvalue weighted by Gasteiger charge is -2.26. The van der Waals surface area contributed by atoms with E-state index >= 15 is 0 Å². The first-order valence-electron chi connectivity index (χ1n) is 5.96. The topological polar surface area (TPSA) is 58.6 Å². The van der Waals surface area contributed by atoms with Crippen LogP contribution < -0.4 is 5.32 Å². The zero-order chi connectivity index (χ0) is 13.2. The maximum absolute atomic E-state index is 11.9. The molecule has 0 unspecified atom stereocenters. The van der Waals surface area contributed by atoms with Gasteiger partial charge in [-0.25, -0.2) is 4.79 Å². The van der Waals surface area contributed by atoms with Gasteiger partial charge in [0.05, 0.1) is 0 Å². The molecular formula is C12H22N2O3. The Labute approximate surface area is 102 Å². The van der Waals surface area contributed by atoms with Crippen LogP contribution in [0.1, 0.15) is 41.0 Å². The summed E-state index contributed by atoms with van der Waals surface area (Å²) in [6.07, 6.45) is 0.469. The van der Waals surface area contributed by atoms with Crippen molar-refractivity contribution >= 4 is 12.0 Å². The van der Waals surface area contributed by atoms with Crippen molar-refractivity contribution in [1.82, 2.24) is 10.2 Å². The van der Waals surface area contributed by atoms with Gasteiger partial charge in [-0.2, -0.15) is 0 Å². The lowest BCUT2D eigenvalue weighted by Crippen LogP contribution is -2.41. The van der Waals surface area contributed by atoms with Gasteiger partial charge < -0.3 is 15.0 Å². The summed E-state index contributed by atoms with van der Waals surface area (Å²) >= 11 is 0. The molecule has 2 atom stereocenters. The van der Waals surface area contributed by atoms with Crippen molar-refractivity contribution in [3.8, 4) is 0 Å². The molecule has 2 amide bonds. The first kappa shape index (κ1) is 13.8. The molecule has 1 aliphatic rings. The Kier molecular flexibility index (Phi) is 4.01. The number of hydrogen-bond donors (Lipinski definition) is 1. The van der Waals surface area contributed by atoms with Crippen LogP contribution in [0.5, 0.6) is 0 Å². The maximum atomic E-state index is 11.9. The average molecular weight is 242 g/mol. The van der Waals surface area contributed by atoms with E-state index < -0.39 is 5.60 Å². The molecule has 1 fully saturated rings. The third-order valence-electron chi connectivity index (χ3n) is 2.61. The third kappa shape index (κ3) is 4.24. The largest absolute Gasteiger partial charge is 0.444 e. The van der Waals surface area contributed by atoms with Crippen molar-refractivity contribution in [1.29, 1.82) is 0 Å². The van der Waals surface area contributed by atoms with Gasteiger partial charge in [-0.05, 0) is 34.1 Å². The Hall–Kier alpha value is -1.26. The maximum Gasteiger partial charge on any atom is 0.410 e. The van der Waals surface area contributed by atoms with Crippen LogP contribution in [-0.2, 0) is 9.53 Å². The molecule has 0 aromatic heterocycles. The summed E-state index contributed by atoms with van der Waals surface area (Å²) in [7, 11) is 0. The van der Waals surface area contributed by atoms with E-state index in [1.807, 2.05) is 27.7 Å². The Balaban J connectivity index is 2.55. The van der Waals surface area contributed by atoms with Crippen LogP contribution in [0.15, 0.2) is 0 Å². The normalized spacial score (nSPS) is 24.6. The average Bonchev–Trinajstić information content (AvgIpc) is 2.42. The summed E-state index contributed by atoms with van der Waals surface area (Å²) in [6, 6.07) is 0.136. The van der Waals surface area contributed by atoms with E-state index in [-0.39, 0.29) is 24.1 Å². The fourth-order valence-electron chi connectivity index (χ4n) is 2.00. The number of rotatable bonds is 1. The highest BCUT2D eigenvalue weighted by Gasteiger charge is 2.35. The molecule has 5 nitrogen and oxygen atoms in total. The van der Waals surface area contributed by atoms with Crippen LogP contribution in [0.3, 0.4) is 0 Å². The summed E-state index contributed by atoms with van der Waals surface area (Å²) < 4.78 is 5.32. The Morgan fingerprint density at radius 1 is 1.35 bits per heavy atom. The molecule has 17 heavy (non-hydrogen) atoms. The summed E-state index contributed by atoms with van der Waals surface area (Å²) in [6.45, 7) is 9.51. The van der Waals surface area contributed by atoms with E-state index in [4.69, 9.17) is 4.74 Å². The fraction of sp³-hybridized carbons (Fsp3) is 0.833. The first-order valence-corrected chi connectivity index (χ1v) is 5.96. The SMILES string of the molecule is CC(=O)N[C@H]1C[C@H](C)N(C(=O)OC(C)(C)C)C1. The van der Waals surface area contributed by atoms with Gasteiger partial charge in [0.15, 0.2) is 0 Å². The Morgan fingerprint density at radius 3 is 2.41 bits per heavy atom. The molecule has 1 N–H and O–H groups in total. The molecule has 1 heterocycles. The van der Waals surface area contributed by atoms with Gasteiger partial charge in [0.2, 0.25) is 5.91 Å². The minimum Gasteiger partial charge on any atom is -0.444 e. The van der Waals surface area contributed by atoms with E-state index in [1.165, 1.54) is 6.92 Å². The lowest BCUT2D eigenvalue weighted by molar-refractivity contribution is -0.119. The minimum absolute atomic E-state index is 0.0371. The minimum atomic E-state index is -0.483. The van der Waals surface area contributed by atoms with Crippen molar-refractivity contribution in [3.05, 3.63) is 0 Å². The second-order valence-corrected chi connectivity index (χ2v) is 5.61. The van der Waals surface area contributed by atoms with Crippen molar-refractivity contribution < 1.29 is 14.3 Å². The van der Waals surface area contributed by atoms with Gasteiger partial charge in [0.25, 0.3) is 0 Å². The third-order valence-corrected chi connectivity index (χ3v) is 2.61. The fourth-order valence-corrected chi connectivity index (χ4v) is 2.00. The van der Waals surface area contributed by atoms with Crippen LogP contribution in [0.4, 0.5) is 4.79 Å². The highest BCUT2D eigenvalue weighted by Crippen LogP contribution is 2.20. The number of nitrogens with zero attached hydrogens (tertiary/aromatic N) is 1. The van der Waals surface area contributed by atoms with Crippen molar-refractivity contribution in [3.63, 3.8) is 0 Å². The van der Waals surface area contributed by atoms with Crippen molar-refractivity contribution in [2.45, 2.75) is 58.7 Å². The van der Waals surface area contributed by atoms with Crippen LogP contribution in [-0.4, -0.2) is 41.1 Å². The zero-order valence-electron chi connectivity index (χ0n) is 11.2. The summed E-state index contributed by atoms with van der Waals surface area (Å²) in [4.78, 5) is 24.5. The summed E-state index contributed by atoms with van der Waals surface area (Å²) in [5, 5.41) is 2.83. The van der Waals surface area contributed by atoms with Crippen LogP contribution in [0.2, 0.25) is 0 Å². The molecule has 98 valence electrons. The molecule has 0 aromatic rings. The molecule has 0 saturated carbocycles. The van der Waals surface area contributed by atoms with Crippen molar-refractivity contribution in [2.24, 2.45) is 0 Å². The molecule has 1 aliphatic heterocycles. The number of hydrogen-bond acceptors (Lipinski definition) is 3. The van der Waals surface area contributed by atoms with Gasteiger partial charge in [-0.1, -0.05) is 0 Å². The predicted octanol–water partition coefficient (Wildman–Crippen LogP) is 1.52. The molecule has 0 spiro atoms. The number of likely N-dealkylation sites (tertiary alicyclic amines) is 1. The molecule has 1 saturated heterocycles. The number of amides is 2. The Bertz CT molecular complexity index is 309. The van der Waals surface area contributed by atoms with Gasteiger partial charge in [0, 0.05) is 25.6 Å². The molecule has 0 radical (unpaired) electrons. The quantitative estimate of drug-likeness (QED) is 0.758. The molecule has 0 aromatic carbocycles. The summed E-state index contributed by atoms with van der Waals surface area (Å²) in [5.41, 5.74) is -0.483. The Morgan fingerprint density at radius 2 is 1.94 bits per heavy atom. The second kappa shape index (κ2) is 4.94. The van der Waals surface area contributed by atoms with Gasteiger partial charge >= 0.3 is 6.09 Å².